The maximum atomic E-state index is 5.64. The Morgan fingerprint density at radius 1 is 1.35 bits per heavy atom. The highest BCUT2D eigenvalue weighted by Crippen LogP contribution is 2.29. The molecule has 2 N–H and O–H groups in total. The largest absolute Gasteiger partial charge is 0.370 e. The van der Waals surface area contributed by atoms with Gasteiger partial charge in [-0.05, 0) is 37.9 Å². The van der Waals surface area contributed by atoms with Gasteiger partial charge in [0.05, 0.1) is 0 Å². The molecule has 1 aromatic heterocycles. The molecular formula is C15H21N3O2. The molecule has 5 heteroatoms. The number of rotatable bonds is 6. The average molecular weight is 275 g/mol. The van der Waals surface area contributed by atoms with Gasteiger partial charge in [-0.15, -0.1) is 0 Å². The first-order valence-electron chi connectivity index (χ1n) is 6.82. The highest BCUT2D eigenvalue weighted by Gasteiger charge is 2.30. The molecule has 0 amide bonds. The predicted molar refractivity (Wildman–Crippen MR) is 77.1 cm³/mol. The molecule has 5 nitrogen and oxygen atoms in total. The summed E-state index contributed by atoms with van der Waals surface area (Å²) in [4.78, 5) is 4.49. The molecule has 20 heavy (non-hydrogen) atoms. The van der Waals surface area contributed by atoms with Crippen LogP contribution in [0.15, 0.2) is 28.8 Å². The number of nitrogens with two attached hydrogens (primary N) is 1. The minimum Gasteiger partial charge on any atom is -0.370 e. The number of benzene rings is 1. The minimum atomic E-state index is -0.523. The van der Waals surface area contributed by atoms with E-state index in [0.717, 1.165) is 24.0 Å². The molecule has 1 aromatic carbocycles. The van der Waals surface area contributed by atoms with Gasteiger partial charge >= 0.3 is 0 Å². The SMILES string of the molecule is CCC(C)(OC)c1noc(-c2ccccc2CCN)n1. The molecule has 0 aliphatic heterocycles. The fourth-order valence-corrected chi connectivity index (χ4v) is 2.04. The summed E-state index contributed by atoms with van der Waals surface area (Å²) in [6.45, 7) is 4.57. The van der Waals surface area contributed by atoms with Crippen LogP contribution in [0.2, 0.25) is 0 Å². The van der Waals surface area contributed by atoms with Crippen molar-refractivity contribution in [2.45, 2.75) is 32.3 Å². The third-order valence-electron chi connectivity index (χ3n) is 3.69. The molecule has 1 unspecified atom stereocenters. The van der Waals surface area contributed by atoms with Crippen LogP contribution in [0, 0.1) is 0 Å². The van der Waals surface area contributed by atoms with Crippen LogP contribution in [0.5, 0.6) is 0 Å². The van der Waals surface area contributed by atoms with E-state index < -0.39 is 5.60 Å². The summed E-state index contributed by atoms with van der Waals surface area (Å²) in [6.07, 6.45) is 1.55. The lowest BCUT2D eigenvalue weighted by atomic mass is 10.0. The Morgan fingerprint density at radius 3 is 2.75 bits per heavy atom. The van der Waals surface area contributed by atoms with Crippen molar-refractivity contribution in [2.75, 3.05) is 13.7 Å². The monoisotopic (exact) mass is 275 g/mol. The Bertz CT molecular complexity index is 562. The highest BCUT2D eigenvalue weighted by molar-refractivity contribution is 5.58. The van der Waals surface area contributed by atoms with Gasteiger partial charge in [0.15, 0.2) is 0 Å². The lowest BCUT2D eigenvalue weighted by Gasteiger charge is -2.21. The van der Waals surface area contributed by atoms with E-state index in [1.54, 1.807) is 7.11 Å². The van der Waals surface area contributed by atoms with Crippen LogP contribution in [0.25, 0.3) is 11.5 Å². The first-order chi connectivity index (χ1) is 9.64. The molecule has 0 bridgehead atoms. The summed E-state index contributed by atoms with van der Waals surface area (Å²) in [5.41, 5.74) is 7.16. The van der Waals surface area contributed by atoms with E-state index in [0.29, 0.717) is 18.3 Å². The summed E-state index contributed by atoms with van der Waals surface area (Å²) >= 11 is 0. The lowest BCUT2D eigenvalue weighted by Crippen LogP contribution is -2.24. The fourth-order valence-electron chi connectivity index (χ4n) is 2.04. The van der Waals surface area contributed by atoms with E-state index in [4.69, 9.17) is 15.0 Å². The zero-order chi connectivity index (χ0) is 14.6. The van der Waals surface area contributed by atoms with E-state index in [9.17, 15) is 0 Å². The Balaban J connectivity index is 2.38. The minimum absolute atomic E-state index is 0.515. The van der Waals surface area contributed by atoms with Crippen molar-refractivity contribution in [3.63, 3.8) is 0 Å². The molecule has 0 fully saturated rings. The van der Waals surface area contributed by atoms with E-state index in [1.165, 1.54) is 0 Å². The predicted octanol–water partition coefficient (Wildman–Crippen LogP) is 2.51. The molecule has 108 valence electrons. The van der Waals surface area contributed by atoms with Crippen LogP contribution >= 0.6 is 0 Å². The second-order valence-electron chi connectivity index (χ2n) is 4.91. The standard InChI is InChI=1S/C15H21N3O2/c1-4-15(2,19-3)14-17-13(20-18-14)12-8-6-5-7-11(12)9-10-16/h5-8H,4,9-10,16H2,1-3H3. The van der Waals surface area contributed by atoms with Gasteiger partial charge in [0.25, 0.3) is 5.89 Å². The van der Waals surface area contributed by atoms with Crippen LogP contribution in [-0.2, 0) is 16.8 Å². The average Bonchev–Trinajstić information content (AvgIpc) is 2.97. The molecule has 0 saturated heterocycles. The van der Waals surface area contributed by atoms with Gasteiger partial charge in [-0.3, -0.25) is 0 Å². The van der Waals surface area contributed by atoms with Crippen molar-refractivity contribution in [3.8, 4) is 11.5 Å². The highest BCUT2D eigenvalue weighted by atomic mass is 16.5. The molecule has 0 spiro atoms. The summed E-state index contributed by atoms with van der Waals surface area (Å²) in [5.74, 6) is 1.08. The molecule has 0 aliphatic rings. The Hall–Kier alpha value is -1.72. The number of methoxy groups -OCH3 is 1. The van der Waals surface area contributed by atoms with Gasteiger partial charge < -0.3 is 15.0 Å². The first-order valence-corrected chi connectivity index (χ1v) is 6.82. The Kier molecular flexibility index (Phi) is 4.52. The molecule has 1 heterocycles. The van der Waals surface area contributed by atoms with Gasteiger partial charge in [0.1, 0.15) is 5.60 Å². The van der Waals surface area contributed by atoms with Crippen molar-refractivity contribution in [1.29, 1.82) is 0 Å². The number of aromatic nitrogens is 2. The number of nitrogens with zero attached hydrogens (tertiary/aromatic N) is 2. The molecular weight excluding hydrogens is 254 g/mol. The molecule has 0 saturated carbocycles. The van der Waals surface area contributed by atoms with Gasteiger partial charge in [0.2, 0.25) is 5.82 Å². The van der Waals surface area contributed by atoms with Crippen molar-refractivity contribution in [3.05, 3.63) is 35.7 Å². The maximum Gasteiger partial charge on any atom is 0.258 e. The molecule has 1 atom stereocenters. The fraction of sp³-hybridized carbons (Fsp3) is 0.467. The summed E-state index contributed by atoms with van der Waals surface area (Å²) in [6, 6.07) is 7.94. The van der Waals surface area contributed by atoms with Crippen molar-refractivity contribution >= 4 is 0 Å². The Labute approximate surface area is 119 Å². The van der Waals surface area contributed by atoms with Crippen molar-refractivity contribution < 1.29 is 9.26 Å². The summed E-state index contributed by atoms with van der Waals surface area (Å²) in [5, 5.41) is 4.07. The van der Waals surface area contributed by atoms with Crippen molar-refractivity contribution in [1.82, 2.24) is 10.1 Å². The topological polar surface area (TPSA) is 74.2 Å². The molecule has 0 aliphatic carbocycles. The third-order valence-corrected chi connectivity index (χ3v) is 3.69. The van der Waals surface area contributed by atoms with E-state index in [2.05, 4.69) is 10.1 Å². The van der Waals surface area contributed by atoms with E-state index >= 15 is 0 Å². The van der Waals surface area contributed by atoms with Crippen LogP contribution in [0.1, 0.15) is 31.7 Å². The molecule has 2 rings (SSSR count). The zero-order valence-corrected chi connectivity index (χ0v) is 12.2. The maximum absolute atomic E-state index is 5.64. The molecule has 2 aromatic rings. The Morgan fingerprint density at radius 2 is 2.10 bits per heavy atom. The van der Waals surface area contributed by atoms with Crippen LogP contribution < -0.4 is 5.73 Å². The normalized spacial score (nSPS) is 14.2. The molecule has 0 radical (unpaired) electrons. The van der Waals surface area contributed by atoms with Gasteiger partial charge in [-0.2, -0.15) is 4.98 Å². The summed E-state index contributed by atoms with van der Waals surface area (Å²) < 4.78 is 10.9. The lowest BCUT2D eigenvalue weighted by molar-refractivity contribution is -0.0106. The van der Waals surface area contributed by atoms with E-state index in [-0.39, 0.29) is 0 Å². The van der Waals surface area contributed by atoms with Crippen LogP contribution in [0.3, 0.4) is 0 Å². The smallest absolute Gasteiger partial charge is 0.258 e. The van der Waals surface area contributed by atoms with Gasteiger partial charge in [-0.1, -0.05) is 30.3 Å². The number of ether oxygens (including phenoxy) is 1. The number of hydrogen-bond donors (Lipinski definition) is 1. The zero-order valence-electron chi connectivity index (χ0n) is 12.2. The van der Waals surface area contributed by atoms with Crippen molar-refractivity contribution in [2.24, 2.45) is 5.73 Å². The summed E-state index contributed by atoms with van der Waals surface area (Å²) in [7, 11) is 1.65. The quantitative estimate of drug-likeness (QED) is 0.876. The van der Waals surface area contributed by atoms with Crippen LogP contribution in [-0.4, -0.2) is 23.8 Å². The van der Waals surface area contributed by atoms with Crippen LogP contribution in [0.4, 0.5) is 0 Å². The second-order valence-corrected chi connectivity index (χ2v) is 4.91. The second kappa shape index (κ2) is 6.15. The van der Waals surface area contributed by atoms with Gasteiger partial charge in [0, 0.05) is 12.7 Å². The van der Waals surface area contributed by atoms with Gasteiger partial charge in [-0.25, -0.2) is 0 Å². The van der Waals surface area contributed by atoms with E-state index in [1.807, 2.05) is 38.1 Å². The number of hydrogen-bond acceptors (Lipinski definition) is 5. The first kappa shape index (κ1) is 14.7. The third kappa shape index (κ3) is 2.73.